The number of nitrogens with zero attached hydrogens (tertiary/aromatic N) is 4. The van der Waals surface area contributed by atoms with E-state index in [1.165, 1.54) is 4.57 Å². The molecule has 0 saturated carbocycles. The number of hydrogen-bond acceptors (Lipinski definition) is 4. The summed E-state index contributed by atoms with van der Waals surface area (Å²) in [6.07, 6.45) is 0. The minimum Gasteiger partial charge on any atom is -0.268 e. The van der Waals surface area contributed by atoms with Crippen LogP contribution in [0.15, 0.2) is 70.3 Å². The second-order valence-corrected chi connectivity index (χ2v) is 8.19. The van der Waals surface area contributed by atoms with Gasteiger partial charge in [0.2, 0.25) is 0 Å². The molecule has 2 heterocycles. The van der Waals surface area contributed by atoms with E-state index in [1.807, 2.05) is 31.2 Å². The number of benzene rings is 3. The van der Waals surface area contributed by atoms with Crippen LogP contribution in [0.3, 0.4) is 0 Å². The molecule has 3 aromatic carbocycles. The molecule has 0 bridgehead atoms. The average molecular weight is 443 g/mol. The zero-order chi connectivity index (χ0) is 22.6. The Hall–Kier alpha value is -3.77. The lowest BCUT2D eigenvalue weighted by molar-refractivity contribution is 0.880. The molecule has 158 valence electrons. The van der Waals surface area contributed by atoms with Crippen LogP contribution in [0.1, 0.15) is 17.2 Å². The molecule has 0 radical (unpaired) electrons. The zero-order valence-electron chi connectivity index (χ0n) is 17.8. The number of fused-ring (bicyclic) bond motifs is 2. The molecule has 0 amide bonds. The van der Waals surface area contributed by atoms with Crippen LogP contribution in [-0.2, 0) is 0 Å². The molecular formula is C25H19ClN4O2. The molecule has 7 heteroatoms. The van der Waals surface area contributed by atoms with Gasteiger partial charge in [0.1, 0.15) is 11.6 Å². The topological polar surface area (TPSA) is 69.8 Å². The molecule has 5 aromatic rings. The molecule has 0 spiro atoms. The Bertz CT molecular complexity index is 1670. The van der Waals surface area contributed by atoms with E-state index in [2.05, 4.69) is 9.97 Å². The Morgan fingerprint density at radius 2 is 1.41 bits per heavy atom. The fourth-order valence-corrected chi connectivity index (χ4v) is 4.27. The van der Waals surface area contributed by atoms with Gasteiger partial charge in [-0.3, -0.25) is 18.7 Å². The van der Waals surface area contributed by atoms with E-state index in [0.29, 0.717) is 44.2 Å². The maximum atomic E-state index is 13.3. The molecule has 0 unspecified atom stereocenters. The monoisotopic (exact) mass is 442 g/mol. The van der Waals surface area contributed by atoms with E-state index in [1.54, 1.807) is 54.8 Å². The number of hydrogen-bond donors (Lipinski definition) is 0. The van der Waals surface area contributed by atoms with Crippen molar-refractivity contribution in [2.75, 3.05) is 0 Å². The van der Waals surface area contributed by atoms with Crippen molar-refractivity contribution in [2.45, 2.75) is 20.8 Å². The van der Waals surface area contributed by atoms with Crippen LogP contribution >= 0.6 is 11.6 Å². The van der Waals surface area contributed by atoms with E-state index in [0.717, 1.165) is 11.3 Å². The van der Waals surface area contributed by atoms with Crippen molar-refractivity contribution in [1.82, 2.24) is 19.1 Å². The lowest BCUT2D eigenvalue weighted by atomic mass is 10.1. The first-order valence-electron chi connectivity index (χ1n) is 10.1. The predicted octanol–water partition coefficient (Wildman–Crippen LogP) is 4.66. The van der Waals surface area contributed by atoms with Gasteiger partial charge in [0, 0.05) is 5.02 Å². The first-order chi connectivity index (χ1) is 15.3. The summed E-state index contributed by atoms with van der Waals surface area (Å²) in [6, 6.07) is 18.0. The molecule has 0 saturated heterocycles. The number of rotatable bonds is 2. The largest absolute Gasteiger partial charge is 0.268 e. The fourth-order valence-electron chi connectivity index (χ4n) is 4.10. The van der Waals surface area contributed by atoms with Crippen molar-refractivity contribution >= 4 is 33.4 Å². The van der Waals surface area contributed by atoms with Crippen LogP contribution in [0.25, 0.3) is 33.2 Å². The van der Waals surface area contributed by atoms with Crippen molar-refractivity contribution in [3.05, 3.63) is 104 Å². The maximum Gasteiger partial charge on any atom is 0.266 e. The molecule has 0 fully saturated rings. The van der Waals surface area contributed by atoms with Crippen LogP contribution in [0.2, 0.25) is 5.02 Å². The highest BCUT2D eigenvalue weighted by atomic mass is 35.5. The number of aryl methyl sites for hydroxylation is 3. The second-order valence-electron chi connectivity index (χ2n) is 7.75. The molecule has 0 atom stereocenters. The summed E-state index contributed by atoms with van der Waals surface area (Å²) in [5, 5.41) is 1.38. The predicted molar refractivity (Wildman–Crippen MR) is 127 cm³/mol. The number of halogens is 1. The fraction of sp³-hybridized carbons (Fsp3) is 0.120. The Kier molecular flexibility index (Phi) is 4.68. The highest BCUT2D eigenvalue weighted by Crippen LogP contribution is 2.20. The Labute approximate surface area is 188 Å². The first kappa shape index (κ1) is 20.2. The molecule has 5 rings (SSSR count). The smallest absolute Gasteiger partial charge is 0.266 e. The van der Waals surface area contributed by atoms with E-state index in [-0.39, 0.29) is 11.1 Å². The average Bonchev–Trinajstić information content (AvgIpc) is 2.75. The summed E-state index contributed by atoms with van der Waals surface area (Å²) in [7, 11) is 0. The van der Waals surface area contributed by atoms with Crippen LogP contribution in [0.5, 0.6) is 0 Å². The van der Waals surface area contributed by atoms with Crippen molar-refractivity contribution in [3.8, 4) is 11.4 Å². The van der Waals surface area contributed by atoms with Gasteiger partial charge in [-0.05, 0) is 68.8 Å². The Morgan fingerprint density at radius 1 is 0.719 bits per heavy atom. The van der Waals surface area contributed by atoms with Gasteiger partial charge in [-0.25, -0.2) is 9.97 Å². The van der Waals surface area contributed by atoms with Crippen LogP contribution in [-0.4, -0.2) is 19.1 Å². The summed E-state index contributed by atoms with van der Waals surface area (Å²) in [6.45, 7) is 5.54. The third-order valence-electron chi connectivity index (χ3n) is 5.63. The summed E-state index contributed by atoms with van der Waals surface area (Å²) < 4.78 is 3.14. The SMILES string of the molecule is Cc1ccccc1-n1c(C)nc2cc(-n3c(C)nc4ccc(Cl)cc4c3=O)ccc2c1=O. The van der Waals surface area contributed by atoms with E-state index >= 15 is 0 Å². The second kappa shape index (κ2) is 7.43. The Morgan fingerprint density at radius 3 is 2.19 bits per heavy atom. The standard InChI is InChI=1S/C25H19ClN4O2/c1-14-6-4-5-7-23(14)30-16(3)28-22-13-18(9-10-19(22)24(30)31)29-15(2)27-21-11-8-17(26)12-20(21)25(29)32/h4-13H,1-3H3. The highest BCUT2D eigenvalue weighted by molar-refractivity contribution is 6.31. The van der Waals surface area contributed by atoms with Gasteiger partial charge < -0.3 is 0 Å². The van der Waals surface area contributed by atoms with Crippen molar-refractivity contribution in [2.24, 2.45) is 0 Å². The zero-order valence-corrected chi connectivity index (χ0v) is 18.5. The van der Waals surface area contributed by atoms with E-state index in [4.69, 9.17) is 11.6 Å². The molecule has 6 nitrogen and oxygen atoms in total. The van der Waals surface area contributed by atoms with E-state index < -0.39 is 0 Å². The minimum absolute atomic E-state index is 0.152. The summed E-state index contributed by atoms with van der Waals surface area (Å²) >= 11 is 6.10. The first-order valence-corrected chi connectivity index (χ1v) is 10.5. The van der Waals surface area contributed by atoms with Crippen LogP contribution < -0.4 is 11.1 Å². The Balaban J connectivity index is 1.75. The van der Waals surface area contributed by atoms with Gasteiger partial charge >= 0.3 is 0 Å². The molecular weight excluding hydrogens is 424 g/mol. The molecule has 2 aromatic heterocycles. The number of para-hydroxylation sites is 1. The maximum absolute atomic E-state index is 13.3. The van der Waals surface area contributed by atoms with Crippen molar-refractivity contribution < 1.29 is 0 Å². The lowest BCUT2D eigenvalue weighted by Gasteiger charge is -2.15. The quantitative estimate of drug-likeness (QED) is 0.398. The van der Waals surface area contributed by atoms with Gasteiger partial charge in [-0.1, -0.05) is 29.8 Å². The summed E-state index contributed by atoms with van der Waals surface area (Å²) in [5.74, 6) is 1.11. The van der Waals surface area contributed by atoms with Gasteiger partial charge in [-0.2, -0.15) is 0 Å². The van der Waals surface area contributed by atoms with Gasteiger partial charge in [0.15, 0.2) is 0 Å². The molecule has 0 aliphatic rings. The van der Waals surface area contributed by atoms with Crippen LogP contribution in [0.4, 0.5) is 0 Å². The van der Waals surface area contributed by atoms with Gasteiger partial charge in [0.25, 0.3) is 11.1 Å². The molecule has 0 aliphatic heterocycles. The third kappa shape index (κ3) is 3.11. The molecule has 0 N–H and O–H groups in total. The lowest BCUT2D eigenvalue weighted by Crippen LogP contribution is -2.24. The number of aromatic nitrogens is 4. The normalized spacial score (nSPS) is 11.4. The van der Waals surface area contributed by atoms with Crippen molar-refractivity contribution in [3.63, 3.8) is 0 Å². The highest BCUT2D eigenvalue weighted by Gasteiger charge is 2.15. The summed E-state index contributed by atoms with van der Waals surface area (Å²) in [4.78, 5) is 35.8. The minimum atomic E-state index is -0.223. The van der Waals surface area contributed by atoms with Crippen LogP contribution in [0, 0.1) is 20.8 Å². The van der Waals surface area contributed by atoms with Gasteiger partial charge in [0.05, 0.1) is 33.2 Å². The van der Waals surface area contributed by atoms with Gasteiger partial charge in [-0.15, -0.1) is 0 Å². The van der Waals surface area contributed by atoms with E-state index in [9.17, 15) is 9.59 Å². The third-order valence-corrected chi connectivity index (χ3v) is 5.87. The molecule has 32 heavy (non-hydrogen) atoms. The van der Waals surface area contributed by atoms with Crippen molar-refractivity contribution in [1.29, 1.82) is 0 Å². The molecule has 0 aliphatic carbocycles. The summed E-state index contributed by atoms with van der Waals surface area (Å²) in [5.41, 5.74) is 3.11.